The van der Waals surface area contributed by atoms with E-state index in [4.69, 9.17) is 11.5 Å². The van der Waals surface area contributed by atoms with E-state index in [1.165, 1.54) is 18.2 Å². The average Bonchev–Trinajstić information content (AvgIpc) is 2.13. The monoisotopic (exact) mass is 235 g/mol. The minimum atomic E-state index is -0.609. The second kappa shape index (κ2) is 4.45. The Hall–Kier alpha value is -2.04. The molecular weight excluding hydrogens is 218 g/mol. The number of benzene rings is 1. The molecule has 5 nitrogen and oxygen atoms in total. The Morgan fingerprint density at radius 3 is 2.12 bits per heavy atom. The van der Waals surface area contributed by atoms with E-state index in [2.05, 4.69) is 5.32 Å². The minimum absolute atomic E-state index is 0.226. The number of nitrogen functional groups attached to an aromatic ring is 1. The lowest BCUT2D eigenvalue weighted by Crippen LogP contribution is -2.40. The summed E-state index contributed by atoms with van der Waals surface area (Å²) >= 11 is 0. The zero-order chi connectivity index (χ0) is 13.2. The molecule has 0 bridgehead atoms. The van der Waals surface area contributed by atoms with Crippen LogP contribution in [0.2, 0.25) is 0 Å². The summed E-state index contributed by atoms with van der Waals surface area (Å²) in [6.07, 6.45) is 0. The number of nitrogens with one attached hydrogen (secondary N) is 1. The van der Waals surface area contributed by atoms with Gasteiger partial charge in [-0.2, -0.15) is 0 Å². The van der Waals surface area contributed by atoms with Crippen LogP contribution in [-0.4, -0.2) is 17.4 Å². The van der Waals surface area contributed by atoms with E-state index in [1.54, 1.807) is 0 Å². The largest absolute Gasteiger partial charge is 0.399 e. The molecule has 17 heavy (non-hydrogen) atoms. The van der Waals surface area contributed by atoms with Gasteiger partial charge in [-0.1, -0.05) is 0 Å². The van der Waals surface area contributed by atoms with Gasteiger partial charge in [-0.25, -0.2) is 0 Å². The number of carbonyl (C=O) groups is 2. The summed E-state index contributed by atoms with van der Waals surface area (Å²) in [7, 11) is 0. The van der Waals surface area contributed by atoms with Gasteiger partial charge in [0.05, 0.1) is 0 Å². The number of anilines is 1. The first-order valence-corrected chi connectivity index (χ1v) is 5.22. The maximum atomic E-state index is 11.9. The lowest BCUT2D eigenvalue weighted by Gasteiger charge is -2.20. The van der Waals surface area contributed by atoms with E-state index < -0.39 is 5.91 Å². The molecule has 0 atom stereocenters. The molecule has 5 heteroatoms. The highest BCUT2D eigenvalue weighted by atomic mass is 16.2. The van der Waals surface area contributed by atoms with Crippen LogP contribution in [-0.2, 0) is 0 Å². The zero-order valence-electron chi connectivity index (χ0n) is 10.2. The van der Waals surface area contributed by atoms with Crippen molar-refractivity contribution in [3.63, 3.8) is 0 Å². The molecule has 2 amide bonds. The van der Waals surface area contributed by atoms with Crippen LogP contribution in [0.3, 0.4) is 0 Å². The second-order valence-corrected chi connectivity index (χ2v) is 4.91. The van der Waals surface area contributed by atoms with Crippen molar-refractivity contribution < 1.29 is 9.59 Å². The molecule has 0 aliphatic heterocycles. The second-order valence-electron chi connectivity index (χ2n) is 4.91. The molecule has 0 aliphatic carbocycles. The van der Waals surface area contributed by atoms with Gasteiger partial charge in [-0.15, -0.1) is 0 Å². The molecular formula is C12H17N3O2. The highest BCUT2D eigenvalue weighted by Crippen LogP contribution is 2.13. The Bertz CT molecular complexity index is 461. The van der Waals surface area contributed by atoms with Crippen LogP contribution < -0.4 is 16.8 Å². The standard InChI is InChI=1S/C12H17N3O2/c1-12(2,3)15-11(17)8-4-7(10(14)16)5-9(13)6-8/h4-6H,13H2,1-3H3,(H2,14,16)(H,15,17). The molecule has 0 spiro atoms. The molecule has 0 saturated heterocycles. The van der Waals surface area contributed by atoms with Gasteiger partial charge < -0.3 is 16.8 Å². The third kappa shape index (κ3) is 3.79. The summed E-state index contributed by atoms with van der Waals surface area (Å²) in [6.45, 7) is 5.60. The third-order valence-electron chi connectivity index (χ3n) is 1.99. The zero-order valence-corrected chi connectivity index (χ0v) is 10.2. The van der Waals surface area contributed by atoms with Crippen molar-refractivity contribution in [3.8, 4) is 0 Å². The van der Waals surface area contributed by atoms with Gasteiger partial charge in [0.25, 0.3) is 5.91 Å². The average molecular weight is 235 g/mol. The van der Waals surface area contributed by atoms with Gasteiger partial charge in [0, 0.05) is 22.4 Å². The van der Waals surface area contributed by atoms with Gasteiger partial charge in [-0.05, 0) is 39.0 Å². The van der Waals surface area contributed by atoms with Crippen molar-refractivity contribution >= 4 is 17.5 Å². The van der Waals surface area contributed by atoms with E-state index in [0.29, 0.717) is 11.3 Å². The van der Waals surface area contributed by atoms with Crippen LogP contribution in [0.25, 0.3) is 0 Å². The first-order chi connectivity index (χ1) is 7.69. The van der Waals surface area contributed by atoms with E-state index in [-0.39, 0.29) is 17.0 Å². The fourth-order valence-electron chi connectivity index (χ4n) is 1.34. The molecule has 1 rings (SSSR count). The summed E-state index contributed by atoms with van der Waals surface area (Å²) < 4.78 is 0. The molecule has 5 N–H and O–H groups in total. The van der Waals surface area contributed by atoms with Gasteiger partial charge in [0.2, 0.25) is 5.91 Å². The molecule has 92 valence electrons. The summed E-state index contributed by atoms with van der Waals surface area (Å²) in [5, 5.41) is 2.78. The normalized spacial score (nSPS) is 11.0. The van der Waals surface area contributed by atoms with Crippen LogP contribution >= 0.6 is 0 Å². The van der Waals surface area contributed by atoms with E-state index in [0.717, 1.165) is 0 Å². The molecule has 1 aromatic rings. The Balaban J connectivity index is 3.06. The van der Waals surface area contributed by atoms with Crippen LogP contribution in [0.4, 0.5) is 5.69 Å². The quantitative estimate of drug-likeness (QED) is 0.664. The van der Waals surface area contributed by atoms with E-state index in [1.807, 2.05) is 20.8 Å². The SMILES string of the molecule is CC(C)(C)NC(=O)c1cc(N)cc(C(N)=O)c1. The number of amides is 2. The van der Waals surface area contributed by atoms with Crippen molar-refractivity contribution in [1.82, 2.24) is 5.32 Å². The fraction of sp³-hybridized carbons (Fsp3) is 0.333. The molecule has 0 heterocycles. The van der Waals surface area contributed by atoms with Crippen LogP contribution in [0.5, 0.6) is 0 Å². The van der Waals surface area contributed by atoms with Gasteiger partial charge in [0.15, 0.2) is 0 Å². The van der Waals surface area contributed by atoms with Crippen molar-refractivity contribution in [2.45, 2.75) is 26.3 Å². The first kappa shape index (κ1) is 13.0. The van der Waals surface area contributed by atoms with Crippen LogP contribution in [0, 0.1) is 0 Å². The van der Waals surface area contributed by atoms with Crippen molar-refractivity contribution in [1.29, 1.82) is 0 Å². The molecule has 0 saturated carbocycles. The Morgan fingerprint density at radius 1 is 1.12 bits per heavy atom. The molecule has 0 unspecified atom stereocenters. The summed E-state index contributed by atoms with van der Waals surface area (Å²) in [5.41, 5.74) is 11.3. The lowest BCUT2D eigenvalue weighted by atomic mass is 10.1. The number of carbonyl (C=O) groups excluding carboxylic acids is 2. The maximum absolute atomic E-state index is 11.9. The lowest BCUT2D eigenvalue weighted by molar-refractivity contribution is 0.0919. The number of nitrogens with two attached hydrogens (primary N) is 2. The third-order valence-corrected chi connectivity index (χ3v) is 1.99. The molecule has 0 aliphatic rings. The predicted molar refractivity (Wildman–Crippen MR) is 66.6 cm³/mol. The Kier molecular flexibility index (Phi) is 3.41. The van der Waals surface area contributed by atoms with E-state index >= 15 is 0 Å². The summed E-state index contributed by atoms with van der Waals surface area (Å²) in [6, 6.07) is 4.38. The number of hydrogen-bond acceptors (Lipinski definition) is 3. The van der Waals surface area contributed by atoms with Gasteiger partial charge >= 0.3 is 0 Å². The number of hydrogen-bond donors (Lipinski definition) is 3. The molecule has 0 fully saturated rings. The highest BCUT2D eigenvalue weighted by Gasteiger charge is 2.16. The van der Waals surface area contributed by atoms with Crippen molar-refractivity contribution in [3.05, 3.63) is 29.3 Å². The number of rotatable bonds is 2. The molecule has 1 aromatic carbocycles. The maximum Gasteiger partial charge on any atom is 0.251 e. The predicted octanol–water partition coefficient (Wildman–Crippen LogP) is 0.896. The smallest absolute Gasteiger partial charge is 0.251 e. The van der Waals surface area contributed by atoms with E-state index in [9.17, 15) is 9.59 Å². The Morgan fingerprint density at radius 2 is 1.65 bits per heavy atom. The highest BCUT2D eigenvalue weighted by molar-refractivity contribution is 6.00. The topological polar surface area (TPSA) is 98.2 Å². The summed E-state index contributed by atoms with van der Waals surface area (Å²) in [4.78, 5) is 22.9. The van der Waals surface area contributed by atoms with Crippen molar-refractivity contribution in [2.75, 3.05) is 5.73 Å². The van der Waals surface area contributed by atoms with Crippen LogP contribution in [0.15, 0.2) is 18.2 Å². The van der Waals surface area contributed by atoms with Gasteiger partial charge in [-0.3, -0.25) is 9.59 Å². The molecule has 0 aromatic heterocycles. The molecule has 0 radical (unpaired) electrons. The Labute approximate surface area is 100 Å². The number of primary amides is 1. The van der Waals surface area contributed by atoms with Crippen LogP contribution in [0.1, 0.15) is 41.5 Å². The first-order valence-electron chi connectivity index (χ1n) is 5.22. The fourth-order valence-corrected chi connectivity index (χ4v) is 1.34. The minimum Gasteiger partial charge on any atom is -0.399 e. The van der Waals surface area contributed by atoms with Crippen molar-refractivity contribution in [2.24, 2.45) is 5.73 Å². The van der Waals surface area contributed by atoms with Gasteiger partial charge in [0.1, 0.15) is 0 Å². The summed E-state index contributed by atoms with van der Waals surface area (Å²) in [5.74, 6) is -0.894.